The highest BCUT2D eigenvalue weighted by Crippen LogP contribution is 2.32. The molecular weight excluding hydrogens is 413 g/mol. The van der Waals surface area contributed by atoms with E-state index in [9.17, 15) is 0 Å². The van der Waals surface area contributed by atoms with Crippen molar-refractivity contribution in [2.24, 2.45) is 4.99 Å². The van der Waals surface area contributed by atoms with Crippen LogP contribution in [0.1, 0.15) is 30.4 Å². The quantitative estimate of drug-likeness (QED) is 0.597. The summed E-state index contributed by atoms with van der Waals surface area (Å²) in [6.45, 7) is 7.28. The van der Waals surface area contributed by atoms with Crippen molar-refractivity contribution in [1.82, 2.24) is 4.90 Å². The molecular formula is C21H25Cl2N3OS. The summed E-state index contributed by atoms with van der Waals surface area (Å²) in [6.07, 6.45) is 5.52. The first-order valence-electron chi connectivity index (χ1n) is 9.77. The van der Waals surface area contributed by atoms with Crippen LogP contribution in [-0.2, 0) is 0 Å². The Bertz CT molecular complexity index is 846. The minimum atomic E-state index is 0.251. The first-order chi connectivity index (χ1) is 13.6. The lowest BCUT2D eigenvalue weighted by molar-refractivity contribution is 0.100. The van der Waals surface area contributed by atoms with Gasteiger partial charge in [-0.1, -0.05) is 23.2 Å². The first-order valence-corrected chi connectivity index (χ1v) is 11.4. The smallest absolute Gasteiger partial charge is 0.121 e. The highest BCUT2D eigenvalue weighted by atomic mass is 35.5. The average Bonchev–Trinajstić information content (AvgIpc) is 3.08. The molecule has 0 bridgehead atoms. The van der Waals surface area contributed by atoms with Gasteiger partial charge in [0.05, 0.1) is 10.0 Å². The standard InChI is InChI=1S/C21H25Cl2N3OS/c1-15-13-28-21-18(15)12-24-14-26(21)8-2-7-25-9-5-16(6-10-25)27-17-3-4-19(22)20(23)11-17/h3-4,11-13,16H,2,5-10,14H2,1H3. The van der Waals surface area contributed by atoms with Crippen molar-refractivity contribution in [3.63, 3.8) is 0 Å². The number of likely N-dealkylation sites (tertiary alicyclic amines) is 1. The number of aliphatic imine (C=N–C) groups is 1. The van der Waals surface area contributed by atoms with Gasteiger partial charge in [-0.3, -0.25) is 4.99 Å². The Hall–Kier alpha value is -1.27. The molecule has 0 atom stereocenters. The molecule has 4 rings (SSSR count). The van der Waals surface area contributed by atoms with E-state index in [0.717, 1.165) is 57.9 Å². The molecule has 0 N–H and O–H groups in total. The molecule has 3 heterocycles. The zero-order chi connectivity index (χ0) is 19.5. The van der Waals surface area contributed by atoms with Crippen LogP contribution in [0.5, 0.6) is 5.75 Å². The minimum absolute atomic E-state index is 0.251. The van der Waals surface area contributed by atoms with Crippen molar-refractivity contribution in [1.29, 1.82) is 0 Å². The second-order valence-electron chi connectivity index (χ2n) is 7.44. The van der Waals surface area contributed by atoms with Crippen molar-refractivity contribution in [2.75, 3.05) is 37.7 Å². The maximum Gasteiger partial charge on any atom is 0.121 e. The first kappa shape index (κ1) is 20.0. The molecule has 0 unspecified atom stereocenters. The molecule has 28 heavy (non-hydrogen) atoms. The minimum Gasteiger partial charge on any atom is -0.490 e. The molecule has 4 nitrogen and oxygen atoms in total. The molecule has 1 aromatic carbocycles. The number of thiophene rings is 1. The maximum atomic E-state index is 6.09. The number of benzene rings is 1. The number of fused-ring (bicyclic) bond motifs is 1. The van der Waals surface area contributed by atoms with E-state index in [2.05, 4.69) is 27.1 Å². The SMILES string of the molecule is Cc1csc2c1C=NCN2CCCN1CCC(Oc2ccc(Cl)c(Cl)c2)CC1. The van der Waals surface area contributed by atoms with E-state index >= 15 is 0 Å². The Morgan fingerprint density at radius 1 is 1.18 bits per heavy atom. The molecule has 1 saturated heterocycles. The van der Waals surface area contributed by atoms with E-state index in [-0.39, 0.29) is 6.10 Å². The number of aryl methyl sites for hydroxylation is 1. The van der Waals surface area contributed by atoms with Gasteiger partial charge in [0.15, 0.2) is 0 Å². The van der Waals surface area contributed by atoms with Crippen molar-refractivity contribution in [3.8, 4) is 5.75 Å². The van der Waals surface area contributed by atoms with E-state index < -0.39 is 0 Å². The molecule has 0 saturated carbocycles. The van der Waals surface area contributed by atoms with Crippen LogP contribution in [0.3, 0.4) is 0 Å². The van der Waals surface area contributed by atoms with Crippen molar-refractivity contribution in [3.05, 3.63) is 44.8 Å². The Morgan fingerprint density at radius 3 is 2.79 bits per heavy atom. The zero-order valence-corrected chi connectivity index (χ0v) is 18.4. The molecule has 1 aromatic heterocycles. The highest BCUT2D eigenvalue weighted by Gasteiger charge is 2.22. The normalized spacial score (nSPS) is 17.8. The van der Waals surface area contributed by atoms with Crippen molar-refractivity contribution in [2.45, 2.75) is 32.3 Å². The fraction of sp³-hybridized carbons (Fsp3) is 0.476. The predicted molar refractivity (Wildman–Crippen MR) is 120 cm³/mol. The highest BCUT2D eigenvalue weighted by molar-refractivity contribution is 7.14. The Kier molecular flexibility index (Phi) is 6.46. The fourth-order valence-electron chi connectivity index (χ4n) is 3.79. The van der Waals surface area contributed by atoms with Crippen LogP contribution in [0.15, 0.2) is 28.6 Å². The molecule has 2 aromatic rings. The fourth-order valence-corrected chi connectivity index (χ4v) is 5.13. The van der Waals surface area contributed by atoms with E-state index in [0.29, 0.717) is 10.0 Å². The summed E-state index contributed by atoms with van der Waals surface area (Å²) >= 11 is 13.9. The molecule has 0 aliphatic carbocycles. The summed E-state index contributed by atoms with van der Waals surface area (Å²) in [7, 11) is 0. The monoisotopic (exact) mass is 437 g/mol. The van der Waals surface area contributed by atoms with Gasteiger partial charge in [0, 0.05) is 37.5 Å². The third-order valence-corrected chi connectivity index (χ3v) is 7.31. The van der Waals surface area contributed by atoms with Crippen LogP contribution in [-0.4, -0.2) is 50.1 Å². The van der Waals surface area contributed by atoms with E-state index in [1.807, 2.05) is 23.6 Å². The van der Waals surface area contributed by atoms with Gasteiger partial charge in [-0.15, -0.1) is 11.3 Å². The molecule has 1 fully saturated rings. The molecule has 7 heteroatoms. The van der Waals surface area contributed by atoms with E-state index in [1.54, 1.807) is 12.1 Å². The Balaban J connectivity index is 1.20. The summed E-state index contributed by atoms with van der Waals surface area (Å²) in [5, 5.41) is 4.71. The topological polar surface area (TPSA) is 28.1 Å². The Labute approximate surface area is 180 Å². The summed E-state index contributed by atoms with van der Waals surface area (Å²) < 4.78 is 6.09. The average molecular weight is 438 g/mol. The molecule has 2 aliphatic heterocycles. The summed E-state index contributed by atoms with van der Waals surface area (Å²) in [6, 6.07) is 5.49. The van der Waals surface area contributed by atoms with Crippen molar-refractivity contribution >= 4 is 45.8 Å². The van der Waals surface area contributed by atoms with Crippen LogP contribution < -0.4 is 9.64 Å². The van der Waals surface area contributed by atoms with E-state index in [4.69, 9.17) is 27.9 Å². The summed E-state index contributed by atoms with van der Waals surface area (Å²) in [5.74, 6) is 0.806. The third-order valence-electron chi connectivity index (χ3n) is 5.39. The number of nitrogens with zero attached hydrogens (tertiary/aromatic N) is 3. The van der Waals surface area contributed by atoms with E-state index in [1.165, 1.54) is 16.1 Å². The number of ether oxygens (including phenoxy) is 1. The van der Waals surface area contributed by atoms with Crippen LogP contribution in [0, 0.1) is 6.92 Å². The second kappa shape index (κ2) is 9.04. The molecule has 150 valence electrons. The number of rotatable bonds is 6. The van der Waals surface area contributed by atoms with Crippen LogP contribution in [0.2, 0.25) is 10.0 Å². The van der Waals surface area contributed by atoms with Gasteiger partial charge in [0.25, 0.3) is 0 Å². The lowest BCUT2D eigenvalue weighted by Gasteiger charge is -2.33. The molecule has 0 spiro atoms. The van der Waals surface area contributed by atoms with Crippen molar-refractivity contribution < 1.29 is 4.74 Å². The van der Waals surface area contributed by atoms with Gasteiger partial charge in [-0.2, -0.15) is 0 Å². The van der Waals surface area contributed by atoms with Gasteiger partial charge in [0.1, 0.15) is 23.5 Å². The molecule has 0 radical (unpaired) electrons. The summed E-state index contributed by atoms with van der Waals surface area (Å²) in [4.78, 5) is 9.47. The predicted octanol–water partition coefficient (Wildman–Crippen LogP) is 5.49. The number of hydrogen-bond acceptors (Lipinski definition) is 5. The zero-order valence-electron chi connectivity index (χ0n) is 16.0. The van der Waals surface area contributed by atoms with Crippen LogP contribution >= 0.6 is 34.5 Å². The number of hydrogen-bond donors (Lipinski definition) is 0. The van der Waals surface area contributed by atoms with Gasteiger partial charge >= 0.3 is 0 Å². The van der Waals surface area contributed by atoms with Crippen LogP contribution in [0.25, 0.3) is 0 Å². The van der Waals surface area contributed by atoms with Gasteiger partial charge < -0.3 is 14.5 Å². The Morgan fingerprint density at radius 2 is 2.00 bits per heavy atom. The van der Waals surface area contributed by atoms with Crippen LogP contribution in [0.4, 0.5) is 5.00 Å². The lowest BCUT2D eigenvalue weighted by Crippen LogP contribution is -2.39. The van der Waals surface area contributed by atoms with Gasteiger partial charge in [0.2, 0.25) is 0 Å². The maximum absolute atomic E-state index is 6.09. The summed E-state index contributed by atoms with van der Waals surface area (Å²) in [5.41, 5.74) is 2.63. The largest absolute Gasteiger partial charge is 0.490 e. The van der Waals surface area contributed by atoms with Gasteiger partial charge in [-0.25, -0.2) is 0 Å². The number of anilines is 1. The second-order valence-corrected chi connectivity index (χ2v) is 9.11. The molecule has 0 amide bonds. The number of halogens is 2. The lowest BCUT2D eigenvalue weighted by atomic mass is 10.1. The van der Waals surface area contributed by atoms with Gasteiger partial charge in [-0.05, 0) is 55.8 Å². The third kappa shape index (κ3) is 4.65. The molecule has 2 aliphatic rings. The number of piperidine rings is 1.